The van der Waals surface area contributed by atoms with Gasteiger partial charge in [-0.05, 0) is 113 Å². The summed E-state index contributed by atoms with van der Waals surface area (Å²) < 4.78 is 23.3. The number of nitrogens with zero attached hydrogens (tertiary/aromatic N) is 6. The van der Waals surface area contributed by atoms with Crippen molar-refractivity contribution in [1.82, 2.24) is 18.3 Å². The van der Waals surface area contributed by atoms with Gasteiger partial charge in [-0.2, -0.15) is 10.5 Å². The molecule has 17 rings (SSSR count). The zero-order valence-electron chi connectivity index (χ0n) is 44.0. The molecule has 374 valence electrons. The summed E-state index contributed by atoms with van der Waals surface area (Å²) in [6.07, 6.45) is 0. The van der Waals surface area contributed by atoms with Gasteiger partial charge in [0.15, 0.2) is 11.2 Å². The standard InChI is InChI=1S/C72H44N6O2/c1-39-21-29-59-51(33-39)52-34-40(2)22-30-60(52)75(59)65-55(37-73)66(77-57-17-9-5-13-43(57)47-25-27-49-45-15-7-11-19-63(45)79-71(49)68(47)77)70(76-61-31-23-41(3)35-53(61)54-36-42(4)24-32-62(54)76)67(56(65)38-74)78-58-18-10-6-14-44(58)48-26-28-50-46-16-8-12-20-64(46)80-72(50)69(48)78/h5-36H,1-4H3. The van der Waals surface area contributed by atoms with E-state index in [9.17, 15) is 10.5 Å². The van der Waals surface area contributed by atoms with Gasteiger partial charge in [0.25, 0.3) is 0 Å². The second-order valence-corrected chi connectivity index (χ2v) is 21.7. The summed E-state index contributed by atoms with van der Waals surface area (Å²) >= 11 is 0. The summed E-state index contributed by atoms with van der Waals surface area (Å²) in [6.45, 7) is 8.49. The van der Waals surface area contributed by atoms with Crippen LogP contribution in [0, 0.1) is 50.4 Å². The highest BCUT2D eigenvalue weighted by atomic mass is 16.3. The van der Waals surface area contributed by atoms with E-state index in [1.807, 2.05) is 36.4 Å². The third-order valence-electron chi connectivity index (χ3n) is 17.0. The fourth-order valence-electron chi connectivity index (χ4n) is 13.7. The number of benzene rings is 11. The monoisotopic (exact) mass is 1020 g/mol. The molecule has 0 amide bonds. The molecule has 0 radical (unpaired) electrons. The van der Waals surface area contributed by atoms with Crippen molar-refractivity contribution in [3.63, 3.8) is 0 Å². The Morgan fingerprint density at radius 1 is 0.287 bits per heavy atom. The van der Waals surface area contributed by atoms with E-state index in [0.29, 0.717) is 45.0 Å². The van der Waals surface area contributed by atoms with Gasteiger partial charge in [-0.1, -0.05) is 131 Å². The molecule has 0 unspecified atom stereocenters. The van der Waals surface area contributed by atoms with Crippen molar-refractivity contribution < 1.29 is 8.83 Å². The zero-order chi connectivity index (χ0) is 53.4. The van der Waals surface area contributed by atoms with E-state index in [1.165, 1.54) is 0 Å². The Morgan fingerprint density at radius 3 is 1.00 bits per heavy atom. The van der Waals surface area contributed by atoms with Gasteiger partial charge in [0, 0.05) is 64.6 Å². The normalized spacial score (nSPS) is 12.2. The third-order valence-corrected chi connectivity index (χ3v) is 17.0. The lowest BCUT2D eigenvalue weighted by molar-refractivity contribution is 0.671. The Balaban J connectivity index is 1.23. The van der Waals surface area contributed by atoms with Gasteiger partial charge in [0.1, 0.15) is 34.4 Å². The van der Waals surface area contributed by atoms with Crippen LogP contribution >= 0.6 is 0 Å². The van der Waals surface area contributed by atoms with Crippen molar-refractivity contribution in [2.75, 3.05) is 0 Å². The molecule has 0 atom stereocenters. The van der Waals surface area contributed by atoms with Crippen LogP contribution in [0.2, 0.25) is 0 Å². The van der Waals surface area contributed by atoms with Gasteiger partial charge < -0.3 is 27.1 Å². The number of furan rings is 2. The minimum Gasteiger partial charge on any atom is -0.454 e. The molecule has 6 aromatic heterocycles. The summed E-state index contributed by atoms with van der Waals surface area (Å²) in [6, 6.07) is 74.1. The van der Waals surface area contributed by atoms with Crippen molar-refractivity contribution in [3.05, 3.63) is 228 Å². The number of para-hydroxylation sites is 4. The van der Waals surface area contributed by atoms with Gasteiger partial charge in [0.2, 0.25) is 0 Å². The Labute approximate surface area is 456 Å². The molecule has 0 spiro atoms. The Bertz CT molecular complexity index is 5410. The molecule has 80 heavy (non-hydrogen) atoms. The molecule has 0 saturated carbocycles. The number of nitriles is 2. The van der Waals surface area contributed by atoms with Crippen molar-refractivity contribution in [2.45, 2.75) is 27.7 Å². The van der Waals surface area contributed by atoms with Crippen molar-refractivity contribution >= 4 is 131 Å². The highest BCUT2D eigenvalue weighted by molar-refractivity contribution is 6.24. The molecule has 17 aromatic rings. The number of hydrogen-bond acceptors (Lipinski definition) is 4. The minimum absolute atomic E-state index is 0.319. The van der Waals surface area contributed by atoms with Crippen molar-refractivity contribution in [1.29, 1.82) is 10.5 Å². The first-order valence-corrected chi connectivity index (χ1v) is 27.0. The Hall–Kier alpha value is -10.8. The fraction of sp³-hybridized carbons (Fsp3) is 0.0556. The van der Waals surface area contributed by atoms with Crippen LogP contribution in [0.15, 0.2) is 203 Å². The molecule has 0 fully saturated rings. The predicted octanol–water partition coefficient (Wildman–Crippen LogP) is 18.9. The van der Waals surface area contributed by atoms with Crippen LogP contribution in [0.25, 0.3) is 154 Å². The third kappa shape index (κ3) is 5.71. The molecule has 0 aliphatic carbocycles. The van der Waals surface area contributed by atoms with E-state index in [4.69, 9.17) is 8.83 Å². The SMILES string of the molecule is Cc1ccc2c(c1)c1cc(C)ccc1n2-c1c(C#N)c(-n2c3ccccc3c3ccc4c5ccccc5oc4c32)c(-n2c3ccc(C)cc3c3cc(C)ccc32)c(-n2c3ccccc3c3ccc4c5ccccc5oc4c32)c1C#N. The van der Waals surface area contributed by atoms with Gasteiger partial charge in [-0.15, -0.1) is 0 Å². The van der Waals surface area contributed by atoms with Crippen LogP contribution in [0.1, 0.15) is 33.4 Å². The number of aromatic nitrogens is 4. The summed E-state index contributed by atoms with van der Waals surface area (Å²) in [5.74, 6) is 0. The first kappa shape index (κ1) is 44.3. The molecule has 0 saturated heterocycles. The van der Waals surface area contributed by atoms with Crippen LogP contribution in [-0.2, 0) is 0 Å². The topological polar surface area (TPSA) is 93.6 Å². The molecule has 8 nitrogen and oxygen atoms in total. The summed E-state index contributed by atoms with van der Waals surface area (Å²) in [5, 5.41) is 37.5. The quantitative estimate of drug-likeness (QED) is 0.175. The summed E-state index contributed by atoms with van der Waals surface area (Å²) in [5.41, 5.74) is 17.2. The van der Waals surface area contributed by atoms with Crippen LogP contribution in [0.4, 0.5) is 0 Å². The summed E-state index contributed by atoms with van der Waals surface area (Å²) in [4.78, 5) is 0. The van der Waals surface area contributed by atoms with E-state index in [2.05, 4.69) is 216 Å². The van der Waals surface area contributed by atoms with Crippen molar-refractivity contribution in [3.8, 4) is 34.9 Å². The zero-order valence-corrected chi connectivity index (χ0v) is 44.0. The largest absolute Gasteiger partial charge is 0.454 e. The molecular weight excluding hydrogens is 981 g/mol. The predicted molar refractivity (Wildman–Crippen MR) is 327 cm³/mol. The van der Waals surface area contributed by atoms with E-state index in [1.54, 1.807) is 0 Å². The average molecular weight is 1030 g/mol. The van der Waals surface area contributed by atoms with Gasteiger partial charge in [0.05, 0.1) is 66.9 Å². The maximum absolute atomic E-state index is 12.8. The van der Waals surface area contributed by atoms with E-state index < -0.39 is 0 Å². The molecule has 0 aliphatic rings. The molecule has 0 bridgehead atoms. The second kappa shape index (κ2) is 15.9. The molecule has 11 aromatic carbocycles. The first-order chi connectivity index (χ1) is 39.3. The van der Waals surface area contributed by atoms with Crippen LogP contribution < -0.4 is 0 Å². The number of hydrogen-bond donors (Lipinski definition) is 0. The molecule has 0 N–H and O–H groups in total. The smallest absolute Gasteiger partial charge is 0.160 e. The van der Waals surface area contributed by atoms with E-state index in [-0.39, 0.29) is 0 Å². The minimum atomic E-state index is 0.319. The maximum Gasteiger partial charge on any atom is 0.160 e. The number of rotatable bonds is 4. The van der Waals surface area contributed by atoms with Crippen molar-refractivity contribution in [2.24, 2.45) is 0 Å². The van der Waals surface area contributed by atoms with E-state index >= 15 is 0 Å². The van der Waals surface area contributed by atoms with Gasteiger partial charge >= 0.3 is 0 Å². The van der Waals surface area contributed by atoms with Crippen LogP contribution in [0.5, 0.6) is 0 Å². The number of aryl methyl sites for hydroxylation is 4. The molecular formula is C72H44N6O2. The maximum atomic E-state index is 12.8. The highest BCUT2D eigenvalue weighted by Crippen LogP contribution is 2.51. The lowest BCUT2D eigenvalue weighted by Gasteiger charge is -2.27. The van der Waals surface area contributed by atoms with Crippen LogP contribution in [0.3, 0.4) is 0 Å². The van der Waals surface area contributed by atoms with E-state index in [0.717, 1.165) is 142 Å². The fourth-order valence-corrected chi connectivity index (χ4v) is 13.7. The molecule has 6 heterocycles. The van der Waals surface area contributed by atoms with Gasteiger partial charge in [-0.25, -0.2) is 0 Å². The molecule has 8 heteroatoms. The first-order valence-electron chi connectivity index (χ1n) is 27.0. The average Bonchev–Trinajstić information content (AvgIpc) is 4.12. The summed E-state index contributed by atoms with van der Waals surface area (Å²) in [7, 11) is 0. The lowest BCUT2D eigenvalue weighted by atomic mass is 9.98. The molecule has 0 aliphatic heterocycles. The number of fused-ring (bicyclic) bond motifs is 20. The van der Waals surface area contributed by atoms with Gasteiger partial charge in [-0.3, -0.25) is 0 Å². The lowest BCUT2D eigenvalue weighted by Crippen LogP contribution is -2.17. The Kier molecular flexibility index (Phi) is 8.81. The Morgan fingerprint density at radius 2 is 0.613 bits per heavy atom. The van der Waals surface area contributed by atoms with Crippen LogP contribution in [-0.4, -0.2) is 18.3 Å². The highest BCUT2D eigenvalue weighted by Gasteiger charge is 2.36. The second-order valence-electron chi connectivity index (χ2n) is 21.7.